The summed E-state index contributed by atoms with van der Waals surface area (Å²) in [6, 6.07) is 7.69. The van der Waals surface area contributed by atoms with E-state index in [1.807, 2.05) is 6.07 Å². The molecule has 0 spiro atoms. The second-order valence-electron chi connectivity index (χ2n) is 6.26. The molecule has 2 N–H and O–H groups in total. The van der Waals surface area contributed by atoms with E-state index < -0.39 is 11.8 Å². The zero-order valence-electron chi connectivity index (χ0n) is 13.5. The quantitative estimate of drug-likeness (QED) is 0.818. The monoisotopic (exact) mass is 346 g/mol. The summed E-state index contributed by atoms with van der Waals surface area (Å²) in [6.45, 7) is 0.732. The second-order valence-corrected chi connectivity index (χ2v) is 7.21. The van der Waals surface area contributed by atoms with Crippen molar-refractivity contribution >= 4 is 23.2 Å². The fraction of sp³-hybridized carbons (Fsp3) is 0.444. The second kappa shape index (κ2) is 7.66. The first-order valence-electron chi connectivity index (χ1n) is 8.32. The highest BCUT2D eigenvalue weighted by molar-refractivity contribution is 7.10. The smallest absolute Gasteiger partial charge is 0.309 e. The lowest BCUT2D eigenvalue weighted by Crippen LogP contribution is -2.46. The van der Waals surface area contributed by atoms with Gasteiger partial charge in [-0.15, -0.1) is 11.3 Å². The highest BCUT2D eigenvalue weighted by Gasteiger charge is 2.35. The summed E-state index contributed by atoms with van der Waals surface area (Å²) in [7, 11) is 0. The molecule has 0 aliphatic heterocycles. The maximum atomic E-state index is 12.1. The Morgan fingerprint density at radius 1 is 1.08 bits per heavy atom. The average molecular weight is 346 g/mol. The van der Waals surface area contributed by atoms with Crippen LogP contribution < -0.4 is 10.6 Å². The van der Waals surface area contributed by atoms with Crippen molar-refractivity contribution in [3.8, 4) is 0 Å². The topological polar surface area (TPSA) is 71.3 Å². The Hall–Kier alpha value is -2.08. The maximum Gasteiger partial charge on any atom is 0.309 e. The van der Waals surface area contributed by atoms with E-state index in [1.165, 1.54) is 30.4 Å². The molecule has 3 rings (SSSR count). The van der Waals surface area contributed by atoms with Crippen molar-refractivity contribution in [3.63, 3.8) is 0 Å². The number of furan rings is 1. The summed E-state index contributed by atoms with van der Waals surface area (Å²) in [5.74, 6) is -0.579. The van der Waals surface area contributed by atoms with Crippen LogP contribution in [-0.4, -0.2) is 18.4 Å². The van der Waals surface area contributed by atoms with Gasteiger partial charge >= 0.3 is 11.8 Å². The molecule has 0 saturated heterocycles. The van der Waals surface area contributed by atoms with Gasteiger partial charge in [-0.1, -0.05) is 25.3 Å². The third-order valence-corrected chi connectivity index (χ3v) is 5.77. The summed E-state index contributed by atoms with van der Waals surface area (Å²) >= 11 is 1.73. The van der Waals surface area contributed by atoms with Crippen molar-refractivity contribution < 1.29 is 14.0 Å². The number of hydrogen-bond donors (Lipinski definition) is 2. The van der Waals surface area contributed by atoms with Crippen LogP contribution in [0.25, 0.3) is 0 Å². The van der Waals surface area contributed by atoms with Crippen molar-refractivity contribution in [1.82, 2.24) is 10.6 Å². The van der Waals surface area contributed by atoms with Crippen molar-refractivity contribution in [1.29, 1.82) is 0 Å². The van der Waals surface area contributed by atoms with Crippen LogP contribution in [0.4, 0.5) is 0 Å². The van der Waals surface area contributed by atoms with E-state index in [0.29, 0.717) is 12.3 Å². The Labute approximate surface area is 145 Å². The van der Waals surface area contributed by atoms with E-state index in [2.05, 4.69) is 22.1 Å². The van der Waals surface area contributed by atoms with Crippen molar-refractivity contribution in [2.75, 3.05) is 6.54 Å². The summed E-state index contributed by atoms with van der Waals surface area (Å²) in [4.78, 5) is 25.4. The minimum Gasteiger partial charge on any atom is -0.467 e. The molecule has 2 aromatic rings. The van der Waals surface area contributed by atoms with Crippen LogP contribution in [0.3, 0.4) is 0 Å². The summed E-state index contributed by atoms with van der Waals surface area (Å²) in [5, 5.41) is 7.49. The molecule has 2 aromatic heterocycles. The van der Waals surface area contributed by atoms with Gasteiger partial charge in [0.05, 0.1) is 12.8 Å². The van der Waals surface area contributed by atoms with Crippen LogP contribution in [0.2, 0.25) is 0 Å². The predicted molar refractivity (Wildman–Crippen MR) is 92.6 cm³/mol. The van der Waals surface area contributed by atoms with Crippen molar-refractivity contribution in [2.45, 2.75) is 44.1 Å². The van der Waals surface area contributed by atoms with E-state index in [0.717, 1.165) is 12.8 Å². The van der Waals surface area contributed by atoms with Gasteiger partial charge in [-0.3, -0.25) is 9.59 Å². The van der Waals surface area contributed by atoms with Crippen LogP contribution in [-0.2, 0) is 21.5 Å². The largest absolute Gasteiger partial charge is 0.467 e. The molecular weight excluding hydrogens is 324 g/mol. The molecule has 2 heterocycles. The molecule has 0 bridgehead atoms. The van der Waals surface area contributed by atoms with E-state index in [1.54, 1.807) is 23.5 Å². The summed E-state index contributed by atoms with van der Waals surface area (Å²) in [5.41, 5.74) is -0.0244. The van der Waals surface area contributed by atoms with Crippen LogP contribution in [0.15, 0.2) is 40.3 Å². The molecule has 2 amide bonds. The van der Waals surface area contributed by atoms with Crippen LogP contribution in [0, 0.1) is 0 Å². The van der Waals surface area contributed by atoms with Gasteiger partial charge in [-0.05, 0) is 36.4 Å². The Morgan fingerprint density at radius 3 is 2.54 bits per heavy atom. The lowest BCUT2D eigenvalue weighted by molar-refractivity contribution is -0.139. The van der Waals surface area contributed by atoms with E-state index in [-0.39, 0.29) is 12.0 Å². The minimum atomic E-state index is -0.622. The van der Waals surface area contributed by atoms with Gasteiger partial charge in [0.15, 0.2) is 0 Å². The molecule has 0 atom stereocenters. The number of nitrogens with one attached hydrogen (secondary N) is 2. The molecule has 0 aromatic carbocycles. The molecule has 1 saturated carbocycles. The highest BCUT2D eigenvalue weighted by atomic mass is 32.1. The zero-order chi connectivity index (χ0) is 16.8. The number of amides is 2. The fourth-order valence-corrected chi connectivity index (χ4v) is 4.30. The number of carbonyl (C=O) groups excluding carboxylic acids is 2. The molecule has 128 valence electrons. The molecule has 24 heavy (non-hydrogen) atoms. The van der Waals surface area contributed by atoms with Gasteiger partial charge in [0.25, 0.3) is 0 Å². The van der Waals surface area contributed by atoms with E-state index >= 15 is 0 Å². The SMILES string of the molecule is O=C(NCc1ccco1)C(=O)NCC1(c2cccs2)CCCCC1. The summed E-state index contributed by atoms with van der Waals surface area (Å²) < 4.78 is 5.14. The normalized spacial score (nSPS) is 16.5. The first-order valence-corrected chi connectivity index (χ1v) is 9.20. The maximum absolute atomic E-state index is 12.1. The van der Waals surface area contributed by atoms with Gasteiger partial charge < -0.3 is 15.1 Å². The Morgan fingerprint density at radius 2 is 1.88 bits per heavy atom. The molecule has 1 aliphatic carbocycles. The van der Waals surface area contributed by atoms with Crippen molar-refractivity contribution in [3.05, 3.63) is 46.5 Å². The molecule has 1 fully saturated rings. The third kappa shape index (κ3) is 3.87. The molecule has 1 aliphatic rings. The van der Waals surface area contributed by atoms with Gasteiger partial charge in [-0.25, -0.2) is 0 Å². The van der Waals surface area contributed by atoms with Crippen LogP contribution in [0.1, 0.15) is 42.7 Å². The standard InChI is InChI=1S/C18H22N2O3S/c21-16(19-12-14-6-4-10-23-14)17(22)20-13-18(8-2-1-3-9-18)15-7-5-11-24-15/h4-7,10-11H,1-3,8-9,12-13H2,(H,19,21)(H,20,22). The predicted octanol–water partition coefficient (Wildman–Crippen LogP) is 2.98. The van der Waals surface area contributed by atoms with Gasteiger partial charge in [0.1, 0.15) is 5.76 Å². The van der Waals surface area contributed by atoms with Gasteiger partial charge in [0.2, 0.25) is 0 Å². The van der Waals surface area contributed by atoms with Crippen LogP contribution in [0.5, 0.6) is 0 Å². The average Bonchev–Trinajstić information content (AvgIpc) is 3.32. The van der Waals surface area contributed by atoms with Gasteiger partial charge in [-0.2, -0.15) is 0 Å². The zero-order valence-corrected chi connectivity index (χ0v) is 14.4. The fourth-order valence-electron chi connectivity index (χ4n) is 3.31. The highest BCUT2D eigenvalue weighted by Crippen LogP contribution is 2.41. The Bertz CT molecular complexity index is 659. The molecular formula is C18H22N2O3S. The molecule has 6 heteroatoms. The first kappa shape index (κ1) is 16.8. The lowest BCUT2D eigenvalue weighted by atomic mass is 9.73. The van der Waals surface area contributed by atoms with Crippen LogP contribution >= 0.6 is 11.3 Å². The lowest BCUT2D eigenvalue weighted by Gasteiger charge is -2.36. The number of carbonyl (C=O) groups is 2. The molecule has 0 unspecified atom stereocenters. The molecule has 5 nitrogen and oxygen atoms in total. The summed E-state index contributed by atoms with van der Waals surface area (Å²) in [6.07, 6.45) is 7.22. The number of hydrogen-bond acceptors (Lipinski definition) is 4. The Balaban J connectivity index is 1.56. The Kier molecular flexibility index (Phi) is 5.35. The third-order valence-electron chi connectivity index (χ3n) is 4.65. The number of thiophene rings is 1. The number of rotatable bonds is 5. The van der Waals surface area contributed by atoms with E-state index in [9.17, 15) is 9.59 Å². The minimum absolute atomic E-state index is 0.0244. The van der Waals surface area contributed by atoms with E-state index in [4.69, 9.17) is 4.42 Å². The first-order chi connectivity index (χ1) is 11.7. The molecule has 0 radical (unpaired) electrons. The van der Waals surface area contributed by atoms with Crippen molar-refractivity contribution in [2.24, 2.45) is 0 Å². The van der Waals surface area contributed by atoms with Gasteiger partial charge in [0, 0.05) is 16.8 Å².